The highest BCUT2D eigenvalue weighted by Crippen LogP contribution is 2.37. The topological polar surface area (TPSA) is 49.4 Å². The molecule has 1 N–H and O–H groups in total. The number of nitrogens with zero attached hydrogens (tertiary/aromatic N) is 1. The lowest BCUT2D eigenvalue weighted by molar-refractivity contribution is -0.120. The van der Waals surface area contributed by atoms with Gasteiger partial charge in [-0.3, -0.25) is 9.59 Å². The third kappa shape index (κ3) is 3.32. The number of amides is 2. The summed E-state index contributed by atoms with van der Waals surface area (Å²) < 4.78 is 0. The molecule has 0 bridgehead atoms. The second-order valence-corrected chi connectivity index (χ2v) is 7.27. The summed E-state index contributed by atoms with van der Waals surface area (Å²) in [5.74, 6) is -0.846. The van der Waals surface area contributed by atoms with Crippen LogP contribution in [0.5, 0.6) is 0 Å². The number of carbonyl (C=O) groups is 2. The van der Waals surface area contributed by atoms with Crippen LogP contribution in [0, 0.1) is 0 Å². The monoisotopic (exact) mass is 408 g/mol. The van der Waals surface area contributed by atoms with Crippen LogP contribution in [-0.4, -0.2) is 11.8 Å². The van der Waals surface area contributed by atoms with Crippen LogP contribution in [0.25, 0.3) is 0 Å². The zero-order valence-corrected chi connectivity index (χ0v) is 16.3. The number of anilines is 2. The van der Waals surface area contributed by atoms with E-state index in [0.29, 0.717) is 11.6 Å². The molecule has 26 heavy (non-hydrogen) atoms. The van der Waals surface area contributed by atoms with Crippen molar-refractivity contribution in [3.63, 3.8) is 0 Å². The molecule has 0 fully saturated rings. The quantitative estimate of drug-likeness (QED) is 0.673. The Kier molecular flexibility index (Phi) is 5.28. The third-order valence-corrected chi connectivity index (χ3v) is 5.21. The fourth-order valence-electron chi connectivity index (χ4n) is 2.59. The maximum atomic E-state index is 12.8. The summed E-state index contributed by atoms with van der Waals surface area (Å²) in [5.41, 5.74) is 2.02. The highest BCUT2D eigenvalue weighted by molar-refractivity contribution is 6.54. The van der Waals surface area contributed by atoms with Gasteiger partial charge in [-0.25, -0.2) is 4.90 Å². The molecule has 0 aromatic heterocycles. The van der Waals surface area contributed by atoms with Gasteiger partial charge in [-0.15, -0.1) is 0 Å². The molecule has 0 radical (unpaired) electrons. The van der Waals surface area contributed by atoms with Crippen molar-refractivity contribution >= 4 is 58.0 Å². The summed E-state index contributed by atoms with van der Waals surface area (Å²) in [4.78, 5) is 26.2. The summed E-state index contributed by atoms with van der Waals surface area (Å²) in [6.07, 6.45) is 0. The van der Waals surface area contributed by atoms with Crippen molar-refractivity contribution in [1.29, 1.82) is 0 Å². The summed E-state index contributed by atoms with van der Waals surface area (Å²) in [5, 5.41) is 3.09. The third-order valence-electron chi connectivity index (χ3n) is 4.05. The molecule has 1 aliphatic rings. The molecule has 0 saturated heterocycles. The summed E-state index contributed by atoms with van der Waals surface area (Å²) in [7, 11) is 0. The SMILES string of the molecule is CC(C)c1ccc(NC2=C(Cl)C(=O)N(c3cccc(Cl)c3Cl)C2=O)cc1. The number of hydrogen-bond donors (Lipinski definition) is 1. The van der Waals surface area contributed by atoms with E-state index in [4.69, 9.17) is 34.8 Å². The predicted molar refractivity (Wildman–Crippen MR) is 106 cm³/mol. The molecule has 2 aromatic rings. The van der Waals surface area contributed by atoms with E-state index in [1.165, 1.54) is 6.07 Å². The molecule has 134 valence electrons. The molecule has 2 aromatic carbocycles. The van der Waals surface area contributed by atoms with Gasteiger partial charge in [0.1, 0.15) is 10.7 Å². The van der Waals surface area contributed by atoms with E-state index in [-0.39, 0.29) is 26.5 Å². The molecule has 0 atom stereocenters. The van der Waals surface area contributed by atoms with Gasteiger partial charge in [0.2, 0.25) is 0 Å². The molecule has 1 aliphatic heterocycles. The first-order valence-corrected chi connectivity index (χ1v) is 9.04. The van der Waals surface area contributed by atoms with Gasteiger partial charge in [-0.1, -0.05) is 66.8 Å². The highest BCUT2D eigenvalue weighted by atomic mass is 35.5. The van der Waals surface area contributed by atoms with Crippen LogP contribution < -0.4 is 10.2 Å². The Morgan fingerprint density at radius 3 is 2.19 bits per heavy atom. The molecule has 4 nitrogen and oxygen atoms in total. The lowest BCUT2D eigenvalue weighted by Gasteiger charge is -2.17. The molecule has 7 heteroatoms. The van der Waals surface area contributed by atoms with Crippen LogP contribution in [0.1, 0.15) is 25.3 Å². The van der Waals surface area contributed by atoms with E-state index < -0.39 is 11.8 Å². The van der Waals surface area contributed by atoms with Gasteiger partial charge in [-0.2, -0.15) is 0 Å². The largest absolute Gasteiger partial charge is 0.350 e. The average Bonchev–Trinajstić information content (AvgIpc) is 2.82. The standard InChI is InChI=1S/C19H15Cl3N2O2/c1-10(2)11-6-8-12(9-7-11)23-17-16(22)18(25)24(19(17)26)14-5-3-4-13(20)15(14)21/h3-10,23H,1-2H3. The van der Waals surface area contributed by atoms with E-state index in [1.807, 2.05) is 24.3 Å². The minimum atomic E-state index is -0.651. The van der Waals surface area contributed by atoms with Gasteiger partial charge in [0, 0.05) is 5.69 Å². The molecular weight excluding hydrogens is 395 g/mol. The second kappa shape index (κ2) is 7.31. The molecule has 2 amide bonds. The van der Waals surface area contributed by atoms with Crippen molar-refractivity contribution in [2.75, 3.05) is 10.2 Å². The Morgan fingerprint density at radius 2 is 1.58 bits per heavy atom. The first-order chi connectivity index (χ1) is 12.3. The van der Waals surface area contributed by atoms with E-state index in [1.54, 1.807) is 12.1 Å². The molecule has 1 heterocycles. The normalized spacial score (nSPS) is 14.6. The molecule has 3 rings (SSSR count). The molecule has 0 aliphatic carbocycles. The molecule has 0 saturated carbocycles. The first-order valence-electron chi connectivity index (χ1n) is 7.90. The minimum Gasteiger partial charge on any atom is -0.350 e. The fourth-order valence-corrected chi connectivity index (χ4v) is 3.18. The van der Waals surface area contributed by atoms with E-state index in [9.17, 15) is 9.59 Å². The number of halogens is 3. The number of imide groups is 1. The maximum absolute atomic E-state index is 12.8. The van der Waals surface area contributed by atoms with Crippen molar-refractivity contribution in [2.45, 2.75) is 19.8 Å². The number of carbonyl (C=O) groups excluding carboxylic acids is 2. The Morgan fingerprint density at radius 1 is 0.923 bits per heavy atom. The first kappa shape index (κ1) is 18.8. The van der Waals surface area contributed by atoms with Crippen molar-refractivity contribution in [3.05, 3.63) is 68.8 Å². The van der Waals surface area contributed by atoms with E-state index in [0.717, 1.165) is 10.5 Å². The van der Waals surface area contributed by atoms with Crippen LogP contribution in [0.3, 0.4) is 0 Å². The highest BCUT2D eigenvalue weighted by Gasteiger charge is 2.40. The maximum Gasteiger partial charge on any atom is 0.283 e. The van der Waals surface area contributed by atoms with Gasteiger partial charge in [0.05, 0.1) is 15.7 Å². The van der Waals surface area contributed by atoms with Crippen molar-refractivity contribution in [1.82, 2.24) is 0 Å². The van der Waals surface area contributed by atoms with Crippen molar-refractivity contribution < 1.29 is 9.59 Å². The second-order valence-electron chi connectivity index (χ2n) is 6.11. The van der Waals surface area contributed by atoms with Crippen LogP contribution in [0.15, 0.2) is 53.2 Å². The number of rotatable bonds is 4. The number of hydrogen-bond acceptors (Lipinski definition) is 3. The van der Waals surface area contributed by atoms with Crippen LogP contribution >= 0.6 is 34.8 Å². The Bertz CT molecular complexity index is 921. The van der Waals surface area contributed by atoms with Crippen LogP contribution in [-0.2, 0) is 9.59 Å². The zero-order valence-electron chi connectivity index (χ0n) is 14.0. The van der Waals surface area contributed by atoms with E-state index >= 15 is 0 Å². The molecule has 0 spiro atoms. The zero-order chi connectivity index (χ0) is 19.0. The smallest absolute Gasteiger partial charge is 0.283 e. The predicted octanol–water partition coefficient (Wildman–Crippen LogP) is 5.55. The average molecular weight is 410 g/mol. The minimum absolute atomic E-state index is 0.00463. The number of nitrogens with one attached hydrogen (secondary N) is 1. The Hall–Kier alpha value is -2.01. The summed E-state index contributed by atoms with van der Waals surface area (Å²) in [6.45, 7) is 4.18. The van der Waals surface area contributed by atoms with Gasteiger partial charge in [0.15, 0.2) is 0 Å². The lowest BCUT2D eigenvalue weighted by atomic mass is 10.0. The summed E-state index contributed by atoms with van der Waals surface area (Å²) in [6, 6.07) is 12.3. The fraction of sp³-hybridized carbons (Fsp3) is 0.158. The van der Waals surface area contributed by atoms with Gasteiger partial charge >= 0.3 is 0 Å². The van der Waals surface area contributed by atoms with Gasteiger partial charge in [0.25, 0.3) is 11.8 Å². The molecule has 0 unspecified atom stereocenters. The van der Waals surface area contributed by atoms with Crippen LogP contribution in [0.4, 0.5) is 11.4 Å². The lowest BCUT2D eigenvalue weighted by Crippen LogP contribution is -2.32. The Labute approximate surface area is 166 Å². The van der Waals surface area contributed by atoms with Crippen LogP contribution in [0.2, 0.25) is 10.0 Å². The van der Waals surface area contributed by atoms with Crippen molar-refractivity contribution in [2.24, 2.45) is 0 Å². The van der Waals surface area contributed by atoms with Crippen molar-refractivity contribution in [3.8, 4) is 0 Å². The Balaban J connectivity index is 1.90. The van der Waals surface area contributed by atoms with Gasteiger partial charge < -0.3 is 5.32 Å². The molecular formula is C19H15Cl3N2O2. The van der Waals surface area contributed by atoms with Gasteiger partial charge in [-0.05, 0) is 35.7 Å². The number of benzene rings is 2. The summed E-state index contributed by atoms with van der Waals surface area (Å²) >= 11 is 18.3. The van der Waals surface area contributed by atoms with E-state index in [2.05, 4.69) is 19.2 Å².